The highest BCUT2D eigenvalue weighted by Gasteiger charge is 2.02. The molecule has 0 unspecified atom stereocenters. The Morgan fingerprint density at radius 2 is 1.87 bits per heavy atom. The highest BCUT2D eigenvalue weighted by atomic mass is 16.1. The Morgan fingerprint density at radius 3 is 2.53 bits per heavy atom. The van der Waals surface area contributed by atoms with Gasteiger partial charge in [0.2, 0.25) is 13.5 Å². The molecule has 76 valence electrons. The second kappa shape index (κ2) is 4.78. The van der Waals surface area contributed by atoms with Crippen LogP contribution in [0.3, 0.4) is 0 Å². The van der Waals surface area contributed by atoms with Crippen molar-refractivity contribution in [3.63, 3.8) is 0 Å². The van der Waals surface area contributed by atoms with Gasteiger partial charge in [-0.2, -0.15) is 0 Å². The minimum atomic E-state index is -0.205. The molecule has 2 radical (unpaired) electrons. The molecule has 0 fully saturated rings. The van der Waals surface area contributed by atoms with Crippen LogP contribution in [0.1, 0.15) is 19.7 Å². The molecule has 0 aliphatic rings. The van der Waals surface area contributed by atoms with Gasteiger partial charge in [-0.05, 0) is 19.1 Å². The summed E-state index contributed by atoms with van der Waals surface area (Å²) in [6.07, 6.45) is 0. The van der Waals surface area contributed by atoms with Crippen LogP contribution in [0.2, 0.25) is 0 Å². The van der Waals surface area contributed by atoms with Gasteiger partial charge in [0, 0.05) is 0 Å². The number of benzene rings is 1. The fraction of sp³-hybridized carbons (Fsp3) is 0.273. The summed E-state index contributed by atoms with van der Waals surface area (Å²) in [5, 5.41) is 0.551. The number of aryl methyl sites for hydroxylation is 1. The maximum Gasteiger partial charge on any atom is 0.248 e. The summed E-state index contributed by atoms with van der Waals surface area (Å²) in [4.78, 5) is 15.7. The largest absolute Gasteiger partial charge is 0.354 e. The number of fused-ring (bicyclic) bond motifs is 1. The lowest BCUT2D eigenvalue weighted by molar-refractivity contribution is 0.986. The van der Waals surface area contributed by atoms with Gasteiger partial charge in [0.15, 0.2) is 0 Å². The van der Waals surface area contributed by atoms with E-state index in [2.05, 4.69) is 4.98 Å². The molecule has 4 heteroatoms. The Bertz CT molecular complexity index is 519. The number of nitrogens with zero attached hydrogens (tertiary/aromatic N) is 2. The van der Waals surface area contributed by atoms with Crippen LogP contribution in [0, 0.1) is 6.92 Å². The molecule has 1 heterocycles. The van der Waals surface area contributed by atoms with Crippen molar-refractivity contribution in [2.45, 2.75) is 20.8 Å². The number of hydrogen-bond acceptors (Lipinski definition) is 2. The first-order chi connectivity index (χ1) is 7.20. The summed E-state index contributed by atoms with van der Waals surface area (Å²) in [6, 6.07) is 7.15. The molecule has 0 N–H and O–H groups in total. The molecule has 0 aliphatic carbocycles. The van der Waals surface area contributed by atoms with E-state index >= 15 is 0 Å². The highest BCUT2D eigenvalue weighted by Crippen LogP contribution is 2.05. The van der Waals surface area contributed by atoms with Gasteiger partial charge in [0.25, 0.3) is 0 Å². The third-order valence-electron chi connectivity index (χ3n) is 1.98. The molecule has 15 heavy (non-hydrogen) atoms. The van der Waals surface area contributed by atoms with Gasteiger partial charge >= 0.3 is 0 Å². The molecule has 0 spiro atoms. The minimum Gasteiger partial charge on any atom is -0.354 e. The van der Waals surface area contributed by atoms with Crippen molar-refractivity contribution in [3.8, 4) is 0 Å². The lowest BCUT2D eigenvalue weighted by atomic mass is 10.2. The average Bonchev–Trinajstić information content (AvgIpc) is 2.29. The molecule has 0 aliphatic heterocycles. The van der Waals surface area contributed by atoms with Crippen LogP contribution in [0.5, 0.6) is 0 Å². The molecule has 1 aromatic heterocycles. The van der Waals surface area contributed by atoms with Gasteiger partial charge < -0.3 is 4.48 Å². The smallest absolute Gasteiger partial charge is 0.248 e. The number of hydrogen-bond donors (Lipinski definition) is 0. The zero-order valence-corrected chi connectivity index (χ0v) is 9.19. The second-order valence-corrected chi connectivity index (χ2v) is 2.85. The van der Waals surface area contributed by atoms with E-state index in [0.29, 0.717) is 16.7 Å². The molecule has 0 amide bonds. The van der Waals surface area contributed by atoms with E-state index in [9.17, 15) is 4.79 Å². The van der Waals surface area contributed by atoms with Gasteiger partial charge in [-0.15, -0.1) is 0 Å². The van der Waals surface area contributed by atoms with Crippen LogP contribution in [-0.2, 0) is 0 Å². The quantitative estimate of drug-likeness (QED) is 0.606. The molecule has 3 nitrogen and oxygen atoms in total. The van der Waals surface area contributed by atoms with Gasteiger partial charge in [-0.3, -0.25) is 4.79 Å². The number of rotatable bonds is 0. The Labute approximate surface area is 90.2 Å². The summed E-state index contributed by atoms with van der Waals surface area (Å²) >= 11 is 0. The highest BCUT2D eigenvalue weighted by molar-refractivity contribution is 6.07. The van der Waals surface area contributed by atoms with Gasteiger partial charge in [0.05, 0.1) is 16.7 Å². The van der Waals surface area contributed by atoms with E-state index in [1.54, 1.807) is 25.1 Å². The Kier molecular flexibility index (Phi) is 3.66. The maximum absolute atomic E-state index is 11.5. The third kappa shape index (κ3) is 2.09. The van der Waals surface area contributed by atoms with Crippen LogP contribution in [-0.4, -0.2) is 17.4 Å². The molecule has 2 aromatic rings. The van der Waals surface area contributed by atoms with Crippen LogP contribution >= 0.6 is 0 Å². The Morgan fingerprint density at radius 1 is 1.27 bits per heavy atom. The lowest BCUT2D eigenvalue weighted by Crippen LogP contribution is -2.21. The van der Waals surface area contributed by atoms with Crippen molar-refractivity contribution in [3.05, 3.63) is 40.4 Å². The van der Waals surface area contributed by atoms with Crippen LogP contribution in [0.4, 0.5) is 0 Å². The first-order valence-electron chi connectivity index (χ1n) is 4.93. The van der Waals surface area contributed by atoms with E-state index in [1.807, 2.05) is 19.9 Å². The van der Waals surface area contributed by atoms with E-state index in [-0.39, 0.29) is 5.56 Å². The molecular weight excluding hydrogens is 187 g/mol. The fourth-order valence-corrected chi connectivity index (χ4v) is 1.26. The first-order valence-corrected chi connectivity index (χ1v) is 4.93. The standard InChI is InChI=1S/C9H7BN2O.C2H6/c1-6-11-8-5-3-2-4-7(8)9(13)12(6)10;1-2/h2-5H,1H3;1-2H3. The molecule has 1 aromatic carbocycles. The van der Waals surface area contributed by atoms with Crippen molar-refractivity contribution in [2.24, 2.45) is 0 Å². The predicted molar refractivity (Wildman–Crippen MR) is 63.2 cm³/mol. The van der Waals surface area contributed by atoms with Crippen molar-refractivity contribution in [1.82, 2.24) is 9.46 Å². The Balaban J connectivity index is 0.000000531. The molecule has 0 saturated heterocycles. The summed E-state index contributed by atoms with van der Waals surface area (Å²) in [5.41, 5.74) is 0.481. The first kappa shape index (κ1) is 11.5. The lowest BCUT2D eigenvalue weighted by Gasteiger charge is -2.04. The monoisotopic (exact) mass is 200 g/mol. The van der Waals surface area contributed by atoms with Crippen LogP contribution in [0.25, 0.3) is 10.9 Å². The normalized spacial score (nSPS) is 9.53. The molecular formula is C11H13BN2O. The average molecular weight is 200 g/mol. The molecule has 0 bridgehead atoms. The topological polar surface area (TPSA) is 34.9 Å². The summed E-state index contributed by atoms with van der Waals surface area (Å²) in [7, 11) is 5.49. The van der Waals surface area contributed by atoms with Crippen molar-refractivity contribution in [2.75, 3.05) is 0 Å². The van der Waals surface area contributed by atoms with E-state index < -0.39 is 0 Å². The molecule has 0 atom stereocenters. The predicted octanol–water partition coefficient (Wildman–Crippen LogP) is 1.66. The SMILES string of the molecule is CC.[B]n1c(C)nc2ccccc2c1=O. The summed E-state index contributed by atoms with van der Waals surface area (Å²) in [6.45, 7) is 5.70. The zero-order valence-electron chi connectivity index (χ0n) is 9.19. The summed E-state index contributed by atoms with van der Waals surface area (Å²) < 4.78 is 1.06. The van der Waals surface area contributed by atoms with Crippen molar-refractivity contribution in [1.29, 1.82) is 0 Å². The van der Waals surface area contributed by atoms with Crippen molar-refractivity contribution < 1.29 is 0 Å². The van der Waals surface area contributed by atoms with E-state index in [4.69, 9.17) is 7.98 Å². The summed E-state index contributed by atoms with van der Waals surface area (Å²) in [5.74, 6) is 0.517. The number of aromatic nitrogens is 2. The number of para-hydroxylation sites is 1. The Hall–Kier alpha value is -1.58. The minimum absolute atomic E-state index is 0.205. The van der Waals surface area contributed by atoms with Crippen LogP contribution < -0.4 is 5.56 Å². The second-order valence-electron chi connectivity index (χ2n) is 2.85. The third-order valence-corrected chi connectivity index (χ3v) is 1.98. The van der Waals surface area contributed by atoms with Crippen LogP contribution in [0.15, 0.2) is 29.1 Å². The van der Waals surface area contributed by atoms with E-state index in [0.717, 1.165) is 4.48 Å². The molecule has 0 saturated carbocycles. The van der Waals surface area contributed by atoms with E-state index in [1.165, 1.54) is 0 Å². The fourth-order valence-electron chi connectivity index (χ4n) is 1.26. The van der Waals surface area contributed by atoms with Gasteiger partial charge in [-0.25, -0.2) is 4.98 Å². The van der Waals surface area contributed by atoms with Crippen molar-refractivity contribution >= 4 is 18.9 Å². The van der Waals surface area contributed by atoms with Gasteiger partial charge in [-0.1, -0.05) is 26.0 Å². The zero-order chi connectivity index (χ0) is 11.4. The molecule has 2 rings (SSSR count). The van der Waals surface area contributed by atoms with Gasteiger partial charge in [0.1, 0.15) is 0 Å². The maximum atomic E-state index is 11.5.